The molecule has 0 aliphatic carbocycles. The summed E-state index contributed by atoms with van der Waals surface area (Å²) >= 11 is 0. The average Bonchev–Trinajstić information content (AvgIpc) is 2.62. The van der Waals surface area contributed by atoms with Crippen LogP contribution >= 0.6 is 0 Å². The Kier molecular flexibility index (Phi) is 4.16. The largest absolute Gasteiger partial charge is 0.384 e. The third-order valence-corrected chi connectivity index (χ3v) is 4.07. The molecule has 1 aromatic heterocycles. The first-order chi connectivity index (χ1) is 11.6. The fourth-order valence-corrected chi connectivity index (χ4v) is 2.78. The van der Waals surface area contributed by atoms with Gasteiger partial charge in [0.1, 0.15) is 11.9 Å². The minimum atomic E-state index is -0.444. The van der Waals surface area contributed by atoms with Gasteiger partial charge in [-0.15, -0.1) is 0 Å². The highest BCUT2D eigenvalue weighted by Crippen LogP contribution is 2.27. The highest BCUT2D eigenvalue weighted by atomic mass is 16.6. The van der Waals surface area contributed by atoms with E-state index in [2.05, 4.69) is 16.0 Å². The summed E-state index contributed by atoms with van der Waals surface area (Å²) in [5.41, 5.74) is 7.65. The van der Waals surface area contributed by atoms with E-state index in [-0.39, 0.29) is 5.69 Å². The Balaban J connectivity index is 1.77. The predicted molar refractivity (Wildman–Crippen MR) is 90.9 cm³/mol. The van der Waals surface area contributed by atoms with Crippen LogP contribution < -0.4 is 15.5 Å². The van der Waals surface area contributed by atoms with E-state index in [9.17, 15) is 15.4 Å². The molecule has 1 saturated heterocycles. The van der Waals surface area contributed by atoms with E-state index in [0.717, 1.165) is 18.8 Å². The second kappa shape index (κ2) is 6.42. The highest BCUT2D eigenvalue weighted by Gasteiger charge is 2.21. The Bertz CT molecular complexity index is 791. The molecule has 0 spiro atoms. The molecule has 1 aliphatic rings. The van der Waals surface area contributed by atoms with Crippen molar-refractivity contribution in [1.82, 2.24) is 4.98 Å². The van der Waals surface area contributed by atoms with Crippen molar-refractivity contribution in [2.24, 2.45) is 0 Å². The molecule has 1 fully saturated rings. The predicted octanol–water partition coefficient (Wildman–Crippen LogP) is 1.77. The molecule has 122 valence electrons. The maximum Gasteiger partial charge on any atom is 0.271 e. The lowest BCUT2D eigenvalue weighted by Gasteiger charge is -2.37. The first-order valence-corrected chi connectivity index (χ1v) is 7.48. The molecule has 1 aromatic carbocycles. The summed E-state index contributed by atoms with van der Waals surface area (Å²) in [7, 11) is 0. The standard InChI is InChI=1S/C16H16N6O2/c17-10-12-1-2-13(22(23)24)9-15(12)21-7-5-20(6-8-21)14-3-4-16(18)19-11-14/h1-4,9,11H,5-8H2,(H2,18,19). The van der Waals surface area contributed by atoms with Crippen LogP contribution in [0.15, 0.2) is 36.5 Å². The zero-order valence-electron chi connectivity index (χ0n) is 12.9. The Labute approximate surface area is 138 Å². The van der Waals surface area contributed by atoms with Crippen LogP contribution in [-0.4, -0.2) is 36.1 Å². The zero-order valence-corrected chi connectivity index (χ0v) is 12.9. The van der Waals surface area contributed by atoms with Crippen LogP contribution in [0.5, 0.6) is 0 Å². The van der Waals surface area contributed by atoms with Crippen molar-refractivity contribution in [1.29, 1.82) is 5.26 Å². The van der Waals surface area contributed by atoms with E-state index in [1.807, 2.05) is 11.0 Å². The molecule has 0 unspecified atom stereocenters. The molecule has 1 aliphatic heterocycles. The van der Waals surface area contributed by atoms with Crippen LogP contribution in [-0.2, 0) is 0 Å². The molecule has 0 saturated carbocycles. The van der Waals surface area contributed by atoms with Gasteiger partial charge in [-0.05, 0) is 18.2 Å². The van der Waals surface area contributed by atoms with Crippen LogP contribution in [0.1, 0.15) is 5.56 Å². The molecule has 8 heteroatoms. The number of nitriles is 1. The summed E-state index contributed by atoms with van der Waals surface area (Å²) in [4.78, 5) is 18.8. The SMILES string of the molecule is N#Cc1ccc([N+](=O)[O-])cc1N1CCN(c2ccc(N)nc2)CC1. The number of pyridine rings is 1. The smallest absolute Gasteiger partial charge is 0.271 e. The number of hydrogen-bond acceptors (Lipinski definition) is 7. The van der Waals surface area contributed by atoms with Crippen LogP contribution in [0.3, 0.4) is 0 Å². The Morgan fingerprint density at radius 2 is 1.88 bits per heavy atom. The summed E-state index contributed by atoms with van der Waals surface area (Å²) in [6.07, 6.45) is 1.74. The maximum atomic E-state index is 11.0. The normalized spacial score (nSPS) is 14.3. The number of nitrogens with two attached hydrogens (primary N) is 1. The second-order valence-electron chi connectivity index (χ2n) is 5.49. The summed E-state index contributed by atoms with van der Waals surface area (Å²) in [6, 6.07) is 10.1. The second-order valence-corrected chi connectivity index (χ2v) is 5.49. The molecule has 8 nitrogen and oxygen atoms in total. The van der Waals surface area contributed by atoms with Gasteiger partial charge >= 0.3 is 0 Å². The number of nitro benzene ring substituents is 1. The number of rotatable bonds is 3. The quantitative estimate of drug-likeness (QED) is 0.676. The third kappa shape index (κ3) is 3.05. The average molecular weight is 324 g/mol. The summed E-state index contributed by atoms with van der Waals surface area (Å²) in [5.74, 6) is 0.479. The molecular formula is C16H16N6O2. The van der Waals surface area contributed by atoms with Gasteiger partial charge in [-0.3, -0.25) is 10.1 Å². The van der Waals surface area contributed by atoms with Gasteiger partial charge in [0.05, 0.1) is 28.1 Å². The number of benzene rings is 1. The van der Waals surface area contributed by atoms with Crippen molar-refractivity contribution in [3.8, 4) is 6.07 Å². The molecule has 0 amide bonds. The number of nitro groups is 1. The molecule has 3 rings (SSSR count). The van der Waals surface area contributed by atoms with E-state index in [4.69, 9.17) is 5.73 Å². The van der Waals surface area contributed by atoms with Crippen LogP contribution in [0, 0.1) is 21.4 Å². The molecular weight excluding hydrogens is 308 g/mol. The first-order valence-electron chi connectivity index (χ1n) is 7.48. The lowest BCUT2D eigenvalue weighted by atomic mass is 10.1. The summed E-state index contributed by atoms with van der Waals surface area (Å²) in [6.45, 7) is 2.80. The number of non-ortho nitro benzene ring substituents is 1. The fraction of sp³-hybridized carbons (Fsp3) is 0.250. The number of nitrogen functional groups attached to an aromatic ring is 1. The van der Waals surface area contributed by atoms with E-state index >= 15 is 0 Å². The van der Waals surface area contributed by atoms with Crippen LogP contribution in [0.2, 0.25) is 0 Å². The van der Waals surface area contributed by atoms with Gasteiger partial charge in [-0.2, -0.15) is 5.26 Å². The van der Waals surface area contributed by atoms with Crippen molar-refractivity contribution in [3.63, 3.8) is 0 Å². The van der Waals surface area contributed by atoms with Crippen molar-refractivity contribution in [2.75, 3.05) is 41.7 Å². The lowest BCUT2D eigenvalue weighted by molar-refractivity contribution is -0.384. The third-order valence-electron chi connectivity index (χ3n) is 4.07. The minimum absolute atomic E-state index is 0.00540. The Hall–Kier alpha value is -3.34. The molecule has 2 heterocycles. The zero-order chi connectivity index (χ0) is 17.1. The molecule has 2 N–H and O–H groups in total. The summed E-state index contributed by atoms with van der Waals surface area (Å²) in [5, 5.41) is 20.2. The van der Waals surface area contributed by atoms with Crippen molar-refractivity contribution < 1.29 is 4.92 Å². The van der Waals surface area contributed by atoms with Gasteiger partial charge < -0.3 is 15.5 Å². The molecule has 24 heavy (non-hydrogen) atoms. The first kappa shape index (κ1) is 15.6. The van der Waals surface area contributed by atoms with Gasteiger partial charge in [0.2, 0.25) is 0 Å². The van der Waals surface area contributed by atoms with Crippen LogP contribution in [0.4, 0.5) is 22.9 Å². The van der Waals surface area contributed by atoms with Gasteiger partial charge in [0, 0.05) is 38.3 Å². The van der Waals surface area contributed by atoms with Gasteiger partial charge in [0.15, 0.2) is 0 Å². The fourth-order valence-electron chi connectivity index (χ4n) is 2.78. The van der Waals surface area contributed by atoms with E-state index < -0.39 is 4.92 Å². The number of piperazine rings is 1. The number of anilines is 3. The molecule has 0 bridgehead atoms. The molecule has 0 atom stereocenters. The number of aromatic nitrogens is 1. The highest BCUT2D eigenvalue weighted by molar-refractivity contribution is 5.64. The van der Waals surface area contributed by atoms with Crippen LogP contribution in [0.25, 0.3) is 0 Å². The van der Waals surface area contributed by atoms with Crippen molar-refractivity contribution in [3.05, 3.63) is 52.2 Å². The molecule has 2 aromatic rings. The van der Waals surface area contributed by atoms with Crippen molar-refractivity contribution in [2.45, 2.75) is 0 Å². The lowest BCUT2D eigenvalue weighted by Crippen LogP contribution is -2.46. The van der Waals surface area contributed by atoms with Gasteiger partial charge in [0.25, 0.3) is 5.69 Å². The maximum absolute atomic E-state index is 11.0. The van der Waals surface area contributed by atoms with E-state index in [0.29, 0.717) is 30.2 Å². The monoisotopic (exact) mass is 324 g/mol. The summed E-state index contributed by atoms with van der Waals surface area (Å²) < 4.78 is 0. The van der Waals surface area contributed by atoms with E-state index in [1.54, 1.807) is 12.3 Å². The van der Waals surface area contributed by atoms with Crippen molar-refractivity contribution >= 4 is 22.9 Å². The number of hydrogen-bond donors (Lipinski definition) is 1. The van der Waals surface area contributed by atoms with E-state index in [1.165, 1.54) is 18.2 Å². The minimum Gasteiger partial charge on any atom is -0.384 e. The Morgan fingerprint density at radius 3 is 2.46 bits per heavy atom. The topological polar surface area (TPSA) is 112 Å². The molecule has 0 radical (unpaired) electrons. The number of nitrogens with zero attached hydrogens (tertiary/aromatic N) is 5. The Morgan fingerprint density at radius 1 is 1.17 bits per heavy atom. The van der Waals surface area contributed by atoms with Gasteiger partial charge in [-0.25, -0.2) is 4.98 Å². The van der Waals surface area contributed by atoms with Gasteiger partial charge in [-0.1, -0.05) is 0 Å².